The van der Waals surface area contributed by atoms with E-state index in [9.17, 15) is 14.9 Å². The monoisotopic (exact) mass is 287 g/mol. The second-order valence-electron chi connectivity index (χ2n) is 4.20. The molecule has 1 N–H and O–H groups in total. The first-order valence-electron chi connectivity index (χ1n) is 6.12. The van der Waals surface area contributed by atoms with Gasteiger partial charge in [0.25, 0.3) is 5.69 Å². The number of benzene rings is 1. The van der Waals surface area contributed by atoms with E-state index in [-0.39, 0.29) is 18.0 Å². The standard InChI is InChI=1S/C14H13N3O4/c1-21-14-7-6-11(9-15-14)16-13(18)8-10-4-2-3-5-12(10)17(19)20/h2-7,9H,8H2,1H3,(H,16,18). The molecule has 0 spiro atoms. The minimum absolute atomic E-state index is 0.0690. The maximum Gasteiger partial charge on any atom is 0.273 e. The first-order valence-corrected chi connectivity index (χ1v) is 6.12. The number of amides is 1. The minimum Gasteiger partial charge on any atom is -0.481 e. The van der Waals surface area contributed by atoms with E-state index >= 15 is 0 Å². The number of nitrogens with one attached hydrogen (secondary N) is 1. The molecule has 0 aliphatic rings. The number of aromatic nitrogens is 1. The van der Waals surface area contributed by atoms with E-state index in [2.05, 4.69) is 10.3 Å². The quantitative estimate of drug-likeness (QED) is 0.671. The van der Waals surface area contributed by atoms with Crippen molar-refractivity contribution in [1.29, 1.82) is 0 Å². The van der Waals surface area contributed by atoms with E-state index in [0.717, 1.165) is 0 Å². The molecule has 108 valence electrons. The fourth-order valence-electron chi connectivity index (χ4n) is 1.79. The van der Waals surface area contributed by atoms with Crippen LogP contribution in [-0.2, 0) is 11.2 Å². The van der Waals surface area contributed by atoms with Crippen LogP contribution in [0.2, 0.25) is 0 Å². The summed E-state index contributed by atoms with van der Waals surface area (Å²) in [5.74, 6) is 0.0861. The molecule has 0 saturated carbocycles. The van der Waals surface area contributed by atoms with Crippen molar-refractivity contribution in [1.82, 2.24) is 4.98 Å². The van der Waals surface area contributed by atoms with E-state index < -0.39 is 4.92 Å². The molecule has 0 unspecified atom stereocenters. The number of nitro benzene ring substituents is 1. The molecule has 1 amide bonds. The second kappa shape index (κ2) is 6.47. The van der Waals surface area contributed by atoms with Crippen LogP contribution in [-0.4, -0.2) is 22.9 Å². The van der Waals surface area contributed by atoms with Gasteiger partial charge in [-0.25, -0.2) is 4.98 Å². The molecule has 2 aromatic rings. The molecule has 1 aromatic carbocycles. The average molecular weight is 287 g/mol. The van der Waals surface area contributed by atoms with Crippen LogP contribution >= 0.6 is 0 Å². The van der Waals surface area contributed by atoms with Crippen molar-refractivity contribution < 1.29 is 14.5 Å². The van der Waals surface area contributed by atoms with Gasteiger partial charge in [0.05, 0.1) is 30.3 Å². The third-order valence-corrected chi connectivity index (χ3v) is 2.77. The lowest BCUT2D eigenvalue weighted by Crippen LogP contribution is -2.15. The van der Waals surface area contributed by atoms with Gasteiger partial charge in [0, 0.05) is 17.7 Å². The molecule has 0 radical (unpaired) electrons. The normalized spacial score (nSPS) is 9.95. The number of carbonyl (C=O) groups excluding carboxylic acids is 1. The highest BCUT2D eigenvalue weighted by atomic mass is 16.6. The Kier molecular flexibility index (Phi) is 4.45. The third-order valence-electron chi connectivity index (χ3n) is 2.77. The Morgan fingerprint density at radius 1 is 1.33 bits per heavy atom. The summed E-state index contributed by atoms with van der Waals surface area (Å²) in [6.07, 6.45) is 1.37. The molecular weight excluding hydrogens is 274 g/mol. The molecular formula is C14H13N3O4. The average Bonchev–Trinajstić information content (AvgIpc) is 2.48. The number of anilines is 1. The number of pyridine rings is 1. The topological polar surface area (TPSA) is 94.4 Å². The van der Waals surface area contributed by atoms with E-state index in [1.165, 1.54) is 19.4 Å². The van der Waals surface area contributed by atoms with Crippen molar-refractivity contribution in [3.05, 3.63) is 58.3 Å². The van der Waals surface area contributed by atoms with Crippen LogP contribution in [0.15, 0.2) is 42.6 Å². The maximum absolute atomic E-state index is 11.9. The number of rotatable bonds is 5. The summed E-state index contributed by atoms with van der Waals surface area (Å²) in [5, 5.41) is 13.5. The summed E-state index contributed by atoms with van der Waals surface area (Å²) >= 11 is 0. The summed E-state index contributed by atoms with van der Waals surface area (Å²) in [7, 11) is 1.50. The van der Waals surface area contributed by atoms with Crippen LogP contribution in [0.4, 0.5) is 11.4 Å². The second-order valence-corrected chi connectivity index (χ2v) is 4.20. The Morgan fingerprint density at radius 2 is 2.10 bits per heavy atom. The van der Waals surface area contributed by atoms with E-state index in [1.807, 2.05) is 0 Å². The van der Waals surface area contributed by atoms with Gasteiger partial charge in [-0.2, -0.15) is 0 Å². The predicted octanol–water partition coefficient (Wildman–Crippen LogP) is 2.18. The molecule has 0 saturated heterocycles. The summed E-state index contributed by atoms with van der Waals surface area (Å²) in [6.45, 7) is 0. The van der Waals surface area contributed by atoms with Crippen LogP contribution in [0.1, 0.15) is 5.56 Å². The number of para-hydroxylation sites is 1. The van der Waals surface area contributed by atoms with Gasteiger partial charge in [0.15, 0.2) is 0 Å². The molecule has 0 aliphatic heterocycles. The van der Waals surface area contributed by atoms with Gasteiger partial charge in [-0.05, 0) is 6.07 Å². The fourth-order valence-corrected chi connectivity index (χ4v) is 1.79. The number of methoxy groups -OCH3 is 1. The molecule has 2 rings (SSSR count). The highest BCUT2D eigenvalue weighted by Gasteiger charge is 2.15. The van der Waals surface area contributed by atoms with Crippen LogP contribution in [0, 0.1) is 10.1 Å². The maximum atomic E-state index is 11.9. The van der Waals surface area contributed by atoms with Crippen molar-refractivity contribution in [3.8, 4) is 5.88 Å². The van der Waals surface area contributed by atoms with Gasteiger partial charge in [-0.3, -0.25) is 14.9 Å². The Hall–Kier alpha value is -2.96. The highest BCUT2D eigenvalue weighted by Crippen LogP contribution is 2.19. The van der Waals surface area contributed by atoms with Crippen LogP contribution in [0.5, 0.6) is 5.88 Å². The molecule has 0 fully saturated rings. The van der Waals surface area contributed by atoms with Crippen LogP contribution in [0.3, 0.4) is 0 Å². The Labute approximate surface area is 120 Å². The van der Waals surface area contributed by atoms with Gasteiger partial charge >= 0.3 is 0 Å². The van der Waals surface area contributed by atoms with E-state index in [0.29, 0.717) is 17.1 Å². The van der Waals surface area contributed by atoms with Gasteiger partial charge in [-0.15, -0.1) is 0 Å². The number of hydrogen-bond donors (Lipinski definition) is 1. The summed E-state index contributed by atoms with van der Waals surface area (Å²) in [5.41, 5.74) is 0.793. The molecule has 1 aromatic heterocycles. The summed E-state index contributed by atoms with van der Waals surface area (Å²) in [4.78, 5) is 26.3. The van der Waals surface area contributed by atoms with E-state index in [1.54, 1.807) is 30.3 Å². The number of nitro groups is 1. The minimum atomic E-state index is -0.502. The zero-order valence-electron chi connectivity index (χ0n) is 11.3. The Bertz CT molecular complexity index is 656. The lowest BCUT2D eigenvalue weighted by molar-refractivity contribution is -0.385. The van der Waals surface area contributed by atoms with Crippen molar-refractivity contribution in [2.75, 3.05) is 12.4 Å². The lowest BCUT2D eigenvalue weighted by Gasteiger charge is -2.06. The Morgan fingerprint density at radius 3 is 2.71 bits per heavy atom. The zero-order valence-corrected chi connectivity index (χ0v) is 11.3. The van der Waals surface area contributed by atoms with Gasteiger partial charge in [0.1, 0.15) is 0 Å². The number of carbonyl (C=O) groups is 1. The lowest BCUT2D eigenvalue weighted by atomic mass is 10.1. The summed E-state index contributed by atoms with van der Waals surface area (Å²) in [6, 6.07) is 9.41. The molecule has 0 aliphatic carbocycles. The van der Waals surface area contributed by atoms with Crippen molar-refractivity contribution in [3.63, 3.8) is 0 Å². The van der Waals surface area contributed by atoms with Crippen LogP contribution < -0.4 is 10.1 Å². The van der Waals surface area contributed by atoms with Crippen molar-refractivity contribution in [2.24, 2.45) is 0 Å². The fraction of sp³-hybridized carbons (Fsp3) is 0.143. The number of hydrogen-bond acceptors (Lipinski definition) is 5. The first-order chi connectivity index (χ1) is 10.1. The molecule has 21 heavy (non-hydrogen) atoms. The molecule has 1 heterocycles. The van der Waals surface area contributed by atoms with Crippen LogP contribution in [0.25, 0.3) is 0 Å². The number of nitrogens with zero attached hydrogens (tertiary/aromatic N) is 2. The van der Waals surface area contributed by atoms with Crippen molar-refractivity contribution >= 4 is 17.3 Å². The van der Waals surface area contributed by atoms with Gasteiger partial charge in [-0.1, -0.05) is 18.2 Å². The largest absolute Gasteiger partial charge is 0.481 e. The van der Waals surface area contributed by atoms with Crippen molar-refractivity contribution in [2.45, 2.75) is 6.42 Å². The highest BCUT2D eigenvalue weighted by molar-refractivity contribution is 5.92. The summed E-state index contributed by atoms with van der Waals surface area (Å²) < 4.78 is 4.91. The molecule has 0 atom stereocenters. The first kappa shape index (κ1) is 14.4. The van der Waals surface area contributed by atoms with Gasteiger partial charge < -0.3 is 10.1 Å². The SMILES string of the molecule is COc1ccc(NC(=O)Cc2ccccc2[N+](=O)[O-])cn1. The zero-order chi connectivity index (χ0) is 15.2. The molecule has 7 heteroatoms. The Balaban J connectivity index is 2.06. The van der Waals surface area contributed by atoms with Gasteiger partial charge in [0.2, 0.25) is 11.8 Å². The number of ether oxygens (including phenoxy) is 1. The third kappa shape index (κ3) is 3.75. The van der Waals surface area contributed by atoms with E-state index in [4.69, 9.17) is 4.74 Å². The molecule has 7 nitrogen and oxygen atoms in total. The molecule has 0 bridgehead atoms. The predicted molar refractivity (Wildman–Crippen MR) is 76.2 cm³/mol. The smallest absolute Gasteiger partial charge is 0.273 e.